The van der Waals surface area contributed by atoms with Crippen molar-refractivity contribution in [3.05, 3.63) is 223 Å². The van der Waals surface area contributed by atoms with Crippen LogP contribution in [-0.4, -0.2) is 9.97 Å². The van der Waals surface area contributed by atoms with Gasteiger partial charge in [0.15, 0.2) is 0 Å². The number of anilines is 9. The molecule has 1 aromatic heterocycles. The molecule has 0 N–H and O–H groups in total. The first-order valence-corrected chi connectivity index (χ1v) is 20.5. The molecule has 0 aliphatic carbocycles. The monoisotopic (exact) mass is 771 g/mol. The minimum absolute atomic E-state index is 0.314. The maximum absolute atomic E-state index is 5.32. The summed E-state index contributed by atoms with van der Waals surface area (Å²) in [6.45, 7) is 4.67. The van der Waals surface area contributed by atoms with Crippen LogP contribution in [0, 0.1) is 0 Å². The average molecular weight is 772 g/mol. The molecule has 0 amide bonds. The summed E-state index contributed by atoms with van der Waals surface area (Å²) in [5, 5.41) is 0. The molecule has 5 nitrogen and oxygen atoms in total. The lowest BCUT2D eigenvalue weighted by Crippen LogP contribution is -2.31. The molecule has 0 saturated carbocycles. The molecule has 0 bridgehead atoms. The van der Waals surface area contributed by atoms with Gasteiger partial charge in [-0.1, -0.05) is 153 Å². The van der Waals surface area contributed by atoms with Gasteiger partial charge < -0.3 is 9.80 Å². The van der Waals surface area contributed by atoms with Crippen LogP contribution in [0.3, 0.4) is 0 Å². The van der Waals surface area contributed by atoms with Crippen molar-refractivity contribution in [3.63, 3.8) is 0 Å². The number of para-hydroxylation sites is 5. The molecule has 5 heteroatoms. The van der Waals surface area contributed by atoms with Crippen molar-refractivity contribution in [3.8, 4) is 33.6 Å². The SMILES string of the molecule is CC1(C)c2ccccc2N(c2nc(-c3ccccc3)cc(-c3ccccc3)n2)c2ccc(-c3ccc4c(c3)N(c3ccccc3)c3ccccc3N4c3ccccc3)cc21. The van der Waals surface area contributed by atoms with Crippen molar-refractivity contribution in [1.82, 2.24) is 9.97 Å². The van der Waals surface area contributed by atoms with E-state index < -0.39 is 0 Å². The number of benzene rings is 8. The van der Waals surface area contributed by atoms with E-state index in [0.29, 0.717) is 5.95 Å². The Labute approximate surface area is 351 Å². The largest absolute Gasteiger partial charge is 0.306 e. The lowest BCUT2D eigenvalue weighted by Gasteiger charge is -2.41. The summed E-state index contributed by atoms with van der Waals surface area (Å²) >= 11 is 0. The van der Waals surface area contributed by atoms with Gasteiger partial charge in [-0.3, -0.25) is 4.90 Å². The van der Waals surface area contributed by atoms with Crippen LogP contribution >= 0.6 is 0 Å². The minimum Gasteiger partial charge on any atom is -0.306 e. The zero-order chi connectivity index (χ0) is 40.2. The summed E-state index contributed by atoms with van der Waals surface area (Å²) in [6.07, 6.45) is 0. The van der Waals surface area contributed by atoms with E-state index in [1.807, 2.05) is 12.1 Å². The molecular weight excluding hydrogens is 731 g/mol. The van der Waals surface area contributed by atoms with Gasteiger partial charge in [-0.25, -0.2) is 9.97 Å². The molecule has 2 aliphatic heterocycles. The van der Waals surface area contributed by atoms with Crippen molar-refractivity contribution >= 4 is 51.4 Å². The van der Waals surface area contributed by atoms with E-state index in [0.717, 1.165) is 79.1 Å². The van der Waals surface area contributed by atoms with Gasteiger partial charge in [-0.15, -0.1) is 0 Å². The van der Waals surface area contributed by atoms with E-state index in [1.54, 1.807) is 0 Å². The highest BCUT2D eigenvalue weighted by atomic mass is 15.3. The van der Waals surface area contributed by atoms with Crippen LogP contribution in [0.4, 0.5) is 51.4 Å². The second-order valence-electron chi connectivity index (χ2n) is 15.9. The number of fused-ring (bicyclic) bond motifs is 4. The van der Waals surface area contributed by atoms with Gasteiger partial charge in [0.25, 0.3) is 0 Å². The number of hydrogen-bond donors (Lipinski definition) is 0. The molecule has 11 rings (SSSR count). The van der Waals surface area contributed by atoms with Crippen LogP contribution in [0.2, 0.25) is 0 Å². The van der Waals surface area contributed by atoms with Crippen LogP contribution in [0.1, 0.15) is 25.0 Å². The van der Waals surface area contributed by atoms with Crippen LogP contribution in [-0.2, 0) is 5.41 Å². The molecule has 0 atom stereocenters. The quantitative estimate of drug-likeness (QED) is 0.168. The van der Waals surface area contributed by atoms with E-state index >= 15 is 0 Å². The first-order chi connectivity index (χ1) is 29.5. The van der Waals surface area contributed by atoms with E-state index in [-0.39, 0.29) is 5.41 Å². The summed E-state index contributed by atoms with van der Waals surface area (Å²) in [5.74, 6) is 0.638. The number of hydrogen-bond acceptors (Lipinski definition) is 5. The molecule has 9 aromatic rings. The first-order valence-electron chi connectivity index (χ1n) is 20.5. The fourth-order valence-corrected chi connectivity index (χ4v) is 9.03. The lowest BCUT2D eigenvalue weighted by atomic mass is 9.73. The summed E-state index contributed by atoms with van der Waals surface area (Å²) in [5.41, 5.74) is 17.1. The van der Waals surface area contributed by atoms with Gasteiger partial charge in [0.1, 0.15) is 0 Å². The highest BCUT2D eigenvalue weighted by Gasteiger charge is 2.38. The molecule has 3 heterocycles. The van der Waals surface area contributed by atoms with Gasteiger partial charge in [-0.2, -0.15) is 0 Å². The Balaban J connectivity index is 1.09. The molecule has 60 heavy (non-hydrogen) atoms. The molecule has 0 fully saturated rings. The van der Waals surface area contributed by atoms with Crippen molar-refractivity contribution < 1.29 is 0 Å². The zero-order valence-electron chi connectivity index (χ0n) is 33.4. The normalized spacial score (nSPS) is 13.5. The third kappa shape index (κ3) is 5.85. The molecule has 0 spiro atoms. The van der Waals surface area contributed by atoms with E-state index in [1.165, 1.54) is 11.1 Å². The summed E-state index contributed by atoms with van der Waals surface area (Å²) in [7, 11) is 0. The number of nitrogens with zero attached hydrogens (tertiary/aromatic N) is 5. The van der Waals surface area contributed by atoms with Gasteiger partial charge in [0, 0.05) is 27.9 Å². The summed E-state index contributed by atoms with van der Waals surface area (Å²) in [4.78, 5) is 17.7. The van der Waals surface area contributed by atoms with Crippen molar-refractivity contribution in [2.75, 3.05) is 14.7 Å². The van der Waals surface area contributed by atoms with E-state index in [2.05, 4.69) is 229 Å². The fraction of sp³-hybridized carbons (Fsp3) is 0.0545. The number of rotatable bonds is 6. The average Bonchev–Trinajstić information content (AvgIpc) is 3.31. The van der Waals surface area contributed by atoms with Crippen molar-refractivity contribution in [1.29, 1.82) is 0 Å². The second kappa shape index (κ2) is 14.3. The highest BCUT2D eigenvalue weighted by molar-refractivity contribution is 6.02. The Morgan fingerprint density at radius 1 is 0.317 bits per heavy atom. The van der Waals surface area contributed by atoms with Gasteiger partial charge in [-0.05, 0) is 95.1 Å². The van der Waals surface area contributed by atoms with Gasteiger partial charge in [0.2, 0.25) is 5.95 Å². The Morgan fingerprint density at radius 3 is 1.30 bits per heavy atom. The Kier molecular flexibility index (Phi) is 8.41. The maximum atomic E-state index is 5.32. The Hall–Kier alpha value is -7.76. The predicted octanol–water partition coefficient (Wildman–Crippen LogP) is 14.8. The van der Waals surface area contributed by atoms with E-state index in [9.17, 15) is 0 Å². The van der Waals surface area contributed by atoms with Crippen molar-refractivity contribution in [2.45, 2.75) is 19.3 Å². The smallest absolute Gasteiger partial charge is 0.235 e. The zero-order valence-corrected chi connectivity index (χ0v) is 33.4. The summed E-state index contributed by atoms with van der Waals surface area (Å²) < 4.78 is 0. The molecule has 2 aliphatic rings. The van der Waals surface area contributed by atoms with Crippen LogP contribution in [0.25, 0.3) is 33.6 Å². The third-order valence-corrected chi connectivity index (χ3v) is 12.0. The third-order valence-electron chi connectivity index (χ3n) is 12.0. The Bertz CT molecular complexity index is 2960. The van der Waals surface area contributed by atoms with E-state index in [4.69, 9.17) is 9.97 Å². The minimum atomic E-state index is -0.314. The Morgan fingerprint density at radius 2 is 0.733 bits per heavy atom. The second-order valence-corrected chi connectivity index (χ2v) is 15.9. The predicted molar refractivity (Wildman–Crippen MR) is 248 cm³/mol. The van der Waals surface area contributed by atoms with Gasteiger partial charge in [0.05, 0.1) is 45.5 Å². The standard InChI is InChI=1S/C55H41N5/c1-55(2)44-27-15-16-28-48(44)60(54-56-46(38-19-7-3-8-20-38)37-47(57-54)39-21-9-4-10-22-39)49-33-31-40(35-45(49)55)41-32-34-52-53(36-41)59(43-25-13-6-14-26-43)51-30-18-17-29-50(51)58(52)42-23-11-5-12-24-42/h3-37H,1-2H3. The molecule has 0 saturated heterocycles. The molecular formula is C55H41N5. The first kappa shape index (κ1) is 35.4. The maximum Gasteiger partial charge on any atom is 0.235 e. The number of aromatic nitrogens is 2. The molecule has 0 radical (unpaired) electrons. The van der Waals surface area contributed by atoms with Gasteiger partial charge >= 0.3 is 0 Å². The fourth-order valence-electron chi connectivity index (χ4n) is 9.03. The van der Waals surface area contributed by atoms with Crippen LogP contribution in [0.15, 0.2) is 212 Å². The molecule has 286 valence electrons. The molecule has 8 aromatic carbocycles. The van der Waals surface area contributed by atoms with Crippen molar-refractivity contribution in [2.24, 2.45) is 0 Å². The lowest BCUT2D eigenvalue weighted by molar-refractivity contribution is 0.631. The van der Waals surface area contributed by atoms with Crippen LogP contribution in [0.5, 0.6) is 0 Å². The topological polar surface area (TPSA) is 35.5 Å². The molecule has 0 unspecified atom stereocenters. The highest BCUT2D eigenvalue weighted by Crippen LogP contribution is 2.56. The summed E-state index contributed by atoms with van der Waals surface area (Å²) in [6, 6.07) is 75.5. The van der Waals surface area contributed by atoms with Crippen LogP contribution < -0.4 is 14.7 Å².